The summed E-state index contributed by atoms with van der Waals surface area (Å²) in [4.78, 5) is 21.7. The van der Waals surface area contributed by atoms with Gasteiger partial charge in [-0.15, -0.1) is 0 Å². The number of hydrogen-bond acceptors (Lipinski definition) is 4. The number of imide groups is 1. The third kappa shape index (κ3) is 3.45. The lowest BCUT2D eigenvalue weighted by Crippen LogP contribution is -2.42. The molecule has 3 N–H and O–H groups in total. The van der Waals surface area contributed by atoms with E-state index in [-0.39, 0.29) is 11.3 Å². The number of benzene rings is 1. The first kappa shape index (κ1) is 13.4. The number of nitrogens with two attached hydrogens (primary N) is 1. The molecule has 1 unspecified atom stereocenters. The van der Waals surface area contributed by atoms with Crippen LogP contribution in [0.3, 0.4) is 0 Å². The van der Waals surface area contributed by atoms with E-state index in [9.17, 15) is 14.0 Å². The number of urea groups is 1. The number of hydrogen-bond donors (Lipinski definition) is 2. The molecule has 18 heavy (non-hydrogen) atoms. The highest BCUT2D eigenvalue weighted by Crippen LogP contribution is 2.19. The first-order valence-electron chi connectivity index (χ1n) is 4.90. The summed E-state index contributed by atoms with van der Waals surface area (Å²) < 4.78 is 18.4. The van der Waals surface area contributed by atoms with Crippen molar-refractivity contribution < 1.29 is 18.7 Å². The minimum absolute atomic E-state index is 0.133. The molecule has 3 amide bonds. The fourth-order valence-corrected chi connectivity index (χ4v) is 1.13. The first-order chi connectivity index (χ1) is 8.43. The van der Waals surface area contributed by atoms with Crippen LogP contribution in [0.2, 0.25) is 0 Å². The van der Waals surface area contributed by atoms with Gasteiger partial charge in [-0.25, -0.2) is 9.18 Å². The van der Waals surface area contributed by atoms with Gasteiger partial charge >= 0.3 is 6.03 Å². The summed E-state index contributed by atoms with van der Waals surface area (Å²) in [5.41, 5.74) is 4.89. The fraction of sp³-hybridized carbons (Fsp3) is 0.182. The average molecular weight is 251 g/mol. The number of halogens is 1. The molecule has 94 valence electrons. The molecule has 6 nitrogen and oxygen atoms in total. The Bertz CT molecular complexity index is 525. The van der Waals surface area contributed by atoms with E-state index in [4.69, 9.17) is 15.7 Å². The molecular formula is C11H10FN3O3. The van der Waals surface area contributed by atoms with Gasteiger partial charge in [0.25, 0.3) is 5.91 Å². The Morgan fingerprint density at radius 2 is 2.22 bits per heavy atom. The highest BCUT2D eigenvalue weighted by Gasteiger charge is 2.17. The zero-order valence-electron chi connectivity index (χ0n) is 9.44. The maximum absolute atomic E-state index is 13.4. The lowest BCUT2D eigenvalue weighted by molar-refractivity contribution is -0.126. The number of carbonyl (C=O) groups excluding carboxylic acids is 2. The van der Waals surface area contributed by atoms with Gasteiger partial charge in [-0.1, -0.05) is 0 Å². The molecular weight excluding hydrogens is 241 g/mol. The van der Waals surface area contributed by atoms with Crippen molar-refractivity contribution in [3.8, 4) is 11.8 Å². The van der Waals surface area contributed by atoms with Crippen LogP contribution in [0.1, 0.15) is 12.5 Å². The van der Waals surface area contributed by atoms with Crippen molar-refractivity contribution in [2.24, 2.45) is 5.73 Å². The van der Waals surface area contributed by atoms with Gasteiger partial charge in [0.05, 0.1) is 11.6 Å². The van der Waals surface area contributed by atoms with Crippen LogP contribution in [-0.2, 0) is 4.79 Å². The van der Waals surface area contributed by atoms with Crippen LogP contribution in [0.25, 0.3) is 0 Å². The molecule has 0 aliphatic heterocycles. The van der Waals surface area contributed by atoms with Gasteiger partial charge in [-0.05, 0) is 25.1 Å². The van der Waals surface area contributed by atoms with Gasteiger partial charge in [0.1, 0.15) is 0 Å². The first-order valence-corrected chi connectivity index (χ1v) is 4.90. The van der Waals surface area contributed by atoms with Gasteiger partial charge in [-0.2, -0.15) is 5.26 Å². The molecule has 1 aromatic carbocycles. The monoisotopic (exact) mass is 251 g/mol. The van der Waals surface area contributed by atoms with E-state index in [0.29, 0.717) is 0 Å². The highest BCUT2D eigenvalue weighted by atomic mass is 19.1. The van der Waals surface area contributed by atoms with Crippen LogP contribution >= 0.6 is 0 Å². The van der Waals surface area contributed by atoms with E-state index < -0.39 is 23.9 Å². The Kier molecular flexibility index (Phi) is 4.21. The number of rotatable bonds is 3. The van der Waals surface area contributed by atoms with Crippen molar-refractivity contribution in [1.29, 1.82) is 5.26 Å². The molecule has 0 aliphatic rings. The van der Waals surface area contributed by atoms with E-state index in [0.717, 1.165) is 6.07 Å². The molecule has 0 fully saturated rings. The number of nitrogens with one attached hydrogen (secondary N) is 1. The third-order valence-corrected chi connectivity index (χ3v) is 1.98. The molecule has 0 heterocycles. The summed E-state index contributed by atoms with van der Waals surface area (Å²) in [5.74, 6) is -1.75. The molecule has 0 bridgehead atoms. The summed E-state index contributed by atoms with van der Waals surface area (Å²) in [6.45, 7) is 1.33. The summed E-state index contributed by atoms with van der Waals surface area (Å²) in [6.07, 6.45) is -1.10. The number of nitrogens with zero attached hydrogens (tertiary/aromatic N) is 1. The molecule has 1 aromatic rings. The molecule has 0 saturated heterocycles. The predicted octanol–water partition coefficient (Wildman–Crippen LogP) is 0.660. The predicted molar refractivity (Wildman–Crippen MR) is 58.9 cm³/mol. The smallest absolute Gasteiger partial charge is 0.318 e. The van der Waals surface area contributed by atoms with E-state index in [1.165, 1.54) is 19.1 Å². The van der Waals surface area contributed by atoms with Crippen molar-refractivity contribution in [3.05, 3.63) is 29.6 Å². The van der Waals surface area contributed by atoms with Crippen LogP contribution in [-0.4, -0.2) is 18.0 Å². The molecule has 1 rings (SSSR count). The normalized spacial score (nSPS) is 11.2. The molecule has 0 aliphatic carbocycles. The van der Waals surface area contributed by atoms with Crippen LogP contribution in [0.15, 0.2) is 18.2 Å². The van der Waals surface area contributed by atoms with E-state index >= 15 is 0 Å². The number of primary amides is 1. The third-order valence-electron chi connectivity index (χ3n) is 1.98. The van der Waals surface area contributed by atoms with E-state index in [1.54, 1.807) is 11.4 Å². The Morgan fingerprint density at radius 1 is 1.56 bits per heavy atom. The van der Waals surface area contributed by atoms with Gasteiger partial charge in [0.15, 0.2) is 17.7 Å². The van der Waals surface area contributed by atoms with E-state index in [2.05, 4.69) is 0 Å². The summed E-state index contributed by atoms with van der Waals surface area (Å²) in [5, 5.41) is 10.4. The van der Waals surface area contributed by atoms with Crippen molar-refractivity contribution in [3.63, 3.8) is 0 Å². The topological polar surface area (TPSA) is 105 Å². The average Bonchev–Trinajstić information content (AvgIpc) is 2.30. The molecule has 7 heteroatoms. The Hall–Kier alpha value is -2.62. The fourth-order valence-electron chi connectivity index (χ4n) is 1.13. The van der Waals surface area contributed by atoms with Crippen molar-refractivity contribution >= 4 is 11.9 Å². The van der Waals surface area contributed by atoms with Crippen LogP contribution < -0.4 is 15.8 Å². The lowest BCUT2D eigenvalue weighted by atomic mass is 10.2. The van der Waals surface area contributed by atoms with Gasteiger partial charge < -0.3 is 10.5 Å². The minimum atomic E-state index is -1.10. The largest absolute Gasteiger partial charge is 0.478 e. The minimum Gasteiger partial charge on any atom is -0.478 e. The number of carbonyl (C=O) groups is 2. The number of nitriles is 1. The molecule has 0 radical (unpaired) electrons. The van der Waals surface area contributed by atoms with E-state index in [1.807, 2.05) is 0 Å². The summed E-state index contributed by atoms with van der Waals surface area (Å²) in [6, 6.07) is 4.29. The second-order valence-corrected chi connectivity index (χ2v) is 3.37. The Balaban J connectivity index is 2.76. The highest BCUT2D eigenvalue weighted by molar-refractivity contribution is 5.95. The number of ether oxygens (including phenoxy) is 1. The van der Waals surface area contributed by atoms with Crippen LogP contribution in [0.4, 0.5) is 9.18 Å². The summed E-state index contributed by atoms with van der Waals surface area (Å²) >= 11 is 0. The van der Waals surface area contributed by atoms with Crippen molar-refractivity contribution in [2.75, 3.05) is 0 Å². The quantitative estimate of drug-likeness (QED) is 0.823. The van der Waals surface area contributed by atoms with Crippen LogP contribution in [0, 0.1) is 17.1 Å². The second-order valence-electron chi connectivity index (χ2n) is 3.37. The Morgan fingerprint density at radius 3 is 2.72 bits per heavy atom. The number of amides is 3. The maximum atomic E-state index is 13.4. The summed E-state index contributed by atoms with van der Waals surface area (Å²) in [7, 11) is 0. The zero-order valence-corrected chi connectivity index (χ0v) is 9.44. The van der Waals surface area contributed by atoms with Crippen molar-refractivity contribution in [1.82, 2.24) is 5.32 Å². The maximum Gasteiger partial charge on any atom is 0.318 e. The van der Waals surface area contributed by atoms with Gasteiger partial charge in [0, 0.05) is 0 Å². The van der Waals surface area contributed by atoms with Gasteiger partial charge in [-0.3, -0.25) is 10.1 Å². The molecule has 1 atom stereocenters. The van der Waals surface area contributed by atoms with Crippen LogP contribution in [0.5, 0.6) is 5.75 Å². The lowest BCUT2D eigenvalue weighted by Gasteiger charge is -2.13. The Labute approximate surface area is 102 Å². The second kappa shape index (κ2) is 5.63. The standard InChI is InChI=1S/C11H10FN3O3/c1-6(10(16)15-11(14)17)18-9-3-2-7(5-13)4-8(9)12/h2-4,6H,1H3,(H3,14,15,16,17). The molecule has 0 saturated carbocycles. The van der Waals surface area contributed by atoms with Gasteiger partial charge in [0.2, 0.25) is 0 Å². The van der Waals surface area contributed by atoms with Crippen molar-refractivity contribution in [2.45, 2.75) is 13.0 Å². The SMILES string of the molecule is CC(Oc1ccc(C#N)cc1F)C(=O)NC(N)=O. The molecule has 0 aromatic heterocycles. The molecule has 0 spiro atoms. The zero-order chi connectivity index (χ0) is 13.7.